The quantitative estimate of drug-likeness (QED) is 0.420. The second-order valence-corrected chi connectivity index (χ2v) is 7.69. The van der Waals surface area contributed by atoms with Crippen LogP contribution in [0.15, 0.2) is 64.0 Å². The summed E-state index contributed by atoms with van der Waals surface area (Å²) in [5.74, 6) is 1.99. The van der Waals surface area contributed by atoms with E-state index in [4.69, 9.17) is 16.0 Å². The van der Waals surface area contributed by atoms with E-state index in [1.54, 1.807) is 24.0 Å². The second-order valence-electron chi connectivity index (χ2n) is 6.11. The molecule has 27 heavy (non-hydrogen) atoms. The van der Waals surface area contributed by atoms with Gasteiger partial charge in [0.2, 0.25) is 5.91 Å². The molecular weight excluding hydrogens is 380 g/mol. The molecule has 0 aliphatic heterocycles. The van der Waals surface area contributed by atoms with Gasteiger partial charge in [-0.15, -0.1) is 11.8 Å². The summed E-state index contributed by atoms with van der Waals surface area (Å²) in [6.45, 7) is 2.70. The number of aromatic nitrogens is 1. The second kappa shape index (κ2) is 9.62. The fourth-order valence-electron chi connectivity index (χ4n) is 2.51. The van der Waals surface area contributed by atoms with Gasteiger partial charge in [-0.1, -0.05) is 41.4 Å². The first-order chi connectivity index (χ1) is 13.1. The van der Waals surface area contributed by atoms with Crippen LogP contribution >= 0.6 is 23.4 Å². The van der Waals surface area contributed by atoms with Crippen LogP contribution in [0.3, 0.4) is 0 Å². The normalized spacial score (nSPS) is 10.7. The number of oxazole rings is 1. The summed E-state index contributed by atoms with van der Waals surface area (Å²) >= 11 is 7.89. The van der Waals surface area contributed by atoms with E-state index in [0.29, 0.717) is 36.1 Å². The van der Waals surface area contributed by atoms with Crippen LogP contribution in [-0.2, 0) is 11.2 Å². The first-order valence-corrected chi connectivity index (χ1v) is 10.1. The molecule has 0 spiro atoms. The molecule has 1 aromatic heterocycles. The summed E-state index contributed by atoms with van der Waals surface area (Å²) in [5, 5.41) is 3.55. The monoisotopic (exact) mass is 400 g/mol. The van der Waals surface area contributed by atoms with Crippen molar-refractivity contribution in [1.29, 1.82) is 0 Å². The van der Waals surface area contributed by atoms with E-state index < -0.39 is 0 Å². The van der Waals surface area contributed by atoms with Gasteiger partial charge in [0.25, 0.3) is 0 Å². The molecule has 0 aliphatic carbocycles. The first kappa shape index (κ1) is 19.5. The molecule has 3 aromatic rings. The molecule has 140 valence electrons. The van der Waals surface area contributed by atoms with Gasteiger partial charge in [-0.3, -0.25) is 4.79 Å². The van der Waals surface area contributed by atoms with Gasteiger partial charge in [-0.2, -0.15) is 0 Å². The highest BCUT2D eigenvalue weighted by molar-refractivity contribution is 7.99. The molecule has 1 amide bonds. The number of nitrogens with zero attached hydrogens (tertiary/aromatic N) is 1. The zero-order valence-corrected chi connectivity index (χ0v) is 16.6. The molecule has 0 unspecified atom stereocenters. The molecule has 0 saturated heterocycles. The highest BCUT2D eigenvalue weighted by atomic mass is 35.5. The van der Waals surface area contributed by atoms with Crippen LogP contribution in [0.2, 0.25) is 5.02 Å². The number of hydrogen-bond donors (Lipinski definition) is 1. The number of rotatable bonds is 8. The van der Waals surface area contributed by atoms with Crippen molar-refractivity contribution < 1.29 is 9.21 Å². The van der Waals surface area contributed by atoms with Crippen molar-refractivity contribution in [3.05, 3.63) is 71.2 Å². The third-order valence-corrected chi connectivity index (χ3v) is 5.32. The topological polar surface area (TPSA) is 55.1 Å². The number of hydrogen-bond acceptors (Lipinski definition) is 4. The Balaban J connectivity index is 1.39. The lowest BCUT2D eigenvalue weighted by molar-refractivity contribution is -0.121. The molecule has 0 atom stereocenters. The summed E-state index contributed by atoms with van der Waals surface area (Å²) in [7, 11) is 0. The van der Waals surface area contributed by atoms with Crippen LogP contribution in [-0.4, -0.2) is 23.2 Å². The SMILES string of the molecule is Cc1ccc(SCCNC(=O)CCc2ncc(-c3ccccc3Cl)o2)cc1. The lowest BCUT2D eigenvalue weighted by Gasteiger charge is -2.05. The number of halogens is 1. The molecule has 3 rings (SSSR count). The van der Waals surface area contributed by atoms with Crippen LogP contribution in [0.4, 0.5) is 0 Å². The van der Waals surface area contributed by atoms with Crippen molar-refractivity contribution in [2.45, 2.75) is 24.7 Å². The molecule has 0 bridgehead atoms. The van der Waals surface area contributed by atoms with Crippen molar-refractivity contribution in [3.63, 3.8) is 0 Å². The van der Waals surface area contributed by atoms with E-state index in [-0.39, 0.29) is 5.91 Å². The van der Waals surface area contributed by atoms with E-state index in [1.807, 2.05) is 18.2 Å². The molecule has 0 radical (unpaired) electrons. The summed E-state index contributed by atoms with van der Waals surface area (Å²) < 4.78 is 5.71. The van der Waals surface area contributed by atoms with Crippen LogP contribution in [0, 0.1) is 6.92 Å². The van der Waals surface area contributed by atoms with E-state index >= 15 is 0 Å². The molecule has 0 fully saturated rings. The Bertz CT molecular complexity index is 893. The summed E-state index contributed by atoms with van der Waals surface area (Å²) in [4.78, 5) is 17.4. The summed E-state index contributed by atoms with van der Waals surface area (Å²) in [6.07, 6.45) is 2.45. The van der Waals surface area contributed by atoms with Gasteiger partial charge >= 0.3 is 0 Å². The third kappa shape index (κ3) is 5.88. The Morgan fingerprint density at radius 3 is 2.74 bits per heavy atom. The van der Waals surface area contributed by atoms with Gasteiger partial charge in [-0.25, -0.2) is 4.98 Å². The summed E-state index contributed by atoms with van der Waals surface area (Å²) in [6, 6.07) is 15.8. The largest absolute Gasteiger partial charge is 0.441 e. The number of benzene rings is 2. The van der Waals surface area contributed by atoms with Gasteiger partial charge in [0.15, 0.2) is 11.7 Å². The standard InChI is InChI=1S/C21H21ClN2O2S/c1-15-6-8-16(9-7-15)27-13-12-23-20(25)10-11-21-24-14-19(26-21)17-4-2-3-5-18(17)22/h2-9,14H,10-13H2,1H3,(H,23,25). The predicted octanol–water partition coefficient (Wildman–Crippen LogP) is 5.14. The average molecular weight is 401 g/mol. The zero-order valence-electron chi connectivity index (χ0n) is 15.1. The number of amides is 1. The number of carbonyl (C=O) groups is 1. The molecule has 0 saturated carbocycles. The number of aryl methyl sites for hydroxylation is 2. The van der Waals surface area contributed by atoms with Crippen LogP contribution in [0.5, 0.6) is 0 Å². The fraction of sp³-hybridized carbons (Fsp3) is 0.238. The minimum atomic E-state index is -0.00278. The highest BCUT2D eigenvalue weighted by Crippen LogP contribution is 2.28. The van der Waals surface area contributed by atoms with Crippen LogP contribution in [0.1, 0.15) is 17.9 Å². The molecule has 1 N–H and O–H groups in total. The lowest BCUT2D eigenvalue weighted by Crippen LogP contribution is -2.25. The smallest absolute Gasteiger partial charge is 0.220 e. The van der Waals surface area contributed by atoms with Crippen molar-refractivity contribution >= 4 is 29.3 Å². The van der Waals surface area contributed by atoms with Crippen molar-refractivity contribution in [2.75, 3.05) is 12.3 Å². The maximum absolute atomic E-state index is 12.0. The molecule has 0 aliphatic rings. The van der Waals surface area contributed by atoms with E-state index in [1.165, 1.54) is 10.5 Å². The van der Waals surface area contributed by atoms with Gasteiger partial charge in [-0.05, 0) is 31.2 Å². The van der Waals surface area contributed by atoms with E-state index in [2.05, 4.69) is 41.5 Å². The number of nitrogens with one attached hydrogen (secondary N) is 1. The van der Waals surface area contributed by atoms with Crippen molar-refractivity contribution in [2.24, 2.45) is 0 Å². The van der Waals surface area contributed by atoms with Gasteiger partial charge in [0, 0.05) is 35.6 Å². The Kier molecular flexibility index (Phi) is 6.96. The van der Waals surface area contributed by atoms with Gasteiger partial charge in [0.1, 0.15) is 0 Å². The maximum atomic E-state index is 12.0. The van der Waals surface area contributed by atoms with Crippen molar-refractivity contribution in [1.82, 2.24) is 10.3 Å². The first-order valence-electron chi connectivity index (χ1n) is 8.77. The minimum Gasteiger partial charge on any atom is -0.441 e. The van der Waals surface area contributed by atoms with E-state index in [0.717, 1.165) is 11.3 Å². The third-order valence-electron chi connectivity index (χ3n) is 3.97. The number of thioether (sulfide) groups is 1. The lowest BCUT2D eigenvalue weighted by atomic mass is 10.2. The molecule has 6 heteroatoms. The van der Waals surface area contributed by atoms with E-state index in [9.17, 15) is 4.79 Å². The Morgan fingerprint density at radius 2 is 1.96 bits per heavy atom. The zero-order chi connectivity index (χ0) is 19.1. The molecule has 2 aromatic carbocycles. The highest BCUT2D eigenvalue weighted by Gasteiger charge is 2.11. The fourth-order valence-corrected chi connectivity index (χ4v) is 3.51. The predicted molar refractivity (Wildman–Crippen MR) is 110 cm³/mol. The molecule has 1 heterocycles. The Hall–Kier alpha value is -2.24. The van der Waals surface area contributed by atoms with Gasteiger partial charge in [0.05, 0.1) is 11.2 Å². The van der Waals surface area contributed by atoms with Crippen molar-refractivity contribution in [3.8, 4) is 11.3 Å². The molecular formula is C21H21ClN2O2S. The number of carbonyl (C=O) groups excluding carboxylic acids is 1. The van der Waals surface area contributed by atoms with Gasteiger partial charge < -0.3 is 9.73 Å². The minimum absolute atomic E-state index is 0.00278. The Labute approximate surface area is 168 Å². The van der Waals surface area contributed by atoms with Crippen LogP contribution in [0.25, 0.3) is 11.3 Å². The Morgan fingerprint density at radius 1 is 1.19 bits per heavy atom. The average Bonchev–Trinajstić information content (AvgIpc) is 3.14. The molecule has 4 nitrogen and oxygen atoms in total. The van der Waals surface area contributed by atoms with Crippen LogP contribution < -0.4 is 5.32 Å². The maximum Gasteiger partial charge on any atom is 0.220 e. The summed E-state index contributed by atoms with van der Waals surface area (Å²) in [5.41, 5.74) is 2.05.